The van der Waals surface area contributed by atoms with Crippen molar-refractivity contribution < 1.29 is 23.5 Å². The Kier molecular flexibility index (Phi) is 5.98. The van der Waals surface area contributed by atoms with Crippen molar-refractivity contribution in [2.75, 3.05) is 27.9 Å². The predicted octanol–water partition coefficient (Wildman–Crippen LogP) is 4.95. The van der Waals surface area contributed by atoms with Crippen LogP contribution in [0.3, 0.4) is 0 Å². The van der Waals surface area contributed by atoms with Crippen LogP contribution in [0.2, 0.25) is 0 Å². The first-order valence-corrected chi connectivity index (χ1v) is 10.6. The van der Waals surface area contributed by atoms with E-state index in [9.17, 15) is 0 Å². The van der Waals surface area contributed by atoms with Crippen molar-refractivity contribution >= 4 is 10.8 Å². The van der Waals surface area contributed by atoms with Gasteiger partial charge in [-0.25, -0.2) is 0 Å². The van der Waals surface area contributed by atoms with E-state index >= 15 is 0 Å². The van der Waals surface area contributed by atoms with Gasteiger partial charge >= 0.3 is 0 Å². The van der Waals surface area contributed by atoms with Crippen molar-refractivity contribution in [2.24, 2.45) is 0 Å². The average Bonchev–Trinajstić information content (AvgIpc) is 2.79. The maximum absolute atomic E-state index is 6.20. The van der Waals surface area contributed by atoms with Crippen LogP contribution >= 0.6 is 0 Å². The lowest BCUT2D eigenvalue weighted by atomic mass is 9.95. The molecule has 0 saturated heterocycles. The minimum absolute atomic E-state index is 0.699. The SMILES string of the molecule is CCCCCOc1c(OC)ccc2cc3[n+](cc12)CCc1cc(OC)c(OC)cc1-3. The van der Waals surface area contributed by atoms with Crippen molar-refractivity contribution in [3.05, 3.63) is 42.1 Å². The van der Waals surface area contributed by atoms with E-state index in [0.29, 0.717) is 6.61 Å². The molecule has 0 aliphatic carbocycles. The molecular formula is C25H30NO4+. The van der Waals surface area contributed by atoms with E-state index in [4.69, 9.17) is 18.9 Å². The third kappa shape index (κ3) is 3.64. The highest BCUT2D eigenvalue weighted by Crippen LogP contribution is 2.40. The lowest BCUT2D eigenvalue weighted by Crippen LogP contribution is -2.40. The van der Waals surface area contributed by atoms with E-state index in [-0.39, 0.29) is 0 Å². The van der Waals surface area contributed by atoms with Crippen LogP contribution in [0.4, 0.5) is 0 Å². The summed E-state index contributed by atoms with van der Waals surface area (Å²) in [5, 5.41) is 2.22. The molecule has 0 unspecified atom stereocenters. The monoisotopic (exact) mass is 408 g/mol. The van der Waals surface area contributed by atoms with E-state index in [0.717, 1.165) is 53.2 Å². The molecule has 158 valence electrons. The second-order valence-corrected chi connectivity index (χ2v) is 7.62. The van der Waals surface area contributed by atoms with Crippen LogP contribution < -0.4 is 23.5 Å². The maximum atomic E-state index is 6.20. The van der Waals surface area contributed by atoms with E-state index < -0.39 is 0 Å². The molecule has 1 aliphatic rings. The van der Waals surface area contributed by atoms with Crippen LogP contribution in [0, 0.1) is 0 Å². The fourth-order valence-electron chi connectivity index (χ4n) is 4.17. The number of methoxy groups -OCH3 is 3. The summed E-state index contributed by atoms with van der Waals surface area (Å²) in [7, 11) is 5.05. The molecule has 0 atom stereocenters. The molecule has 0 bridgehead atoms. The quantitative estimate of drug-likeness (QED) is 0.391. The Morgan fingerprint density at radius 1 is 0.900 bits per heavy atom. The molecule has 1 aromatic heterocycles. The Hall–Kier alpha value is -2.95. The van der Waals surface area contributed by atoms with Gasteiger partial charge in [-0.2, -0.15) is 4.57 Å². The standard InChI is InChI=1S/C25H30NO4/c1-5-6-7-12-30-25-20-16-26-11-10-18-14-23(28-3)24(29-4)15-19(18)21(26)13-17(20)8-9-22(25)27-2/h8-9,13-16H,5-7,10-12H2,1-4H3/q+1. The second kappa shape index (κ2) is 8.82. The molecule has 5 nitrogen and oxygen atoms in total. The first-order valence-electron chi connectivity index (χ1n) is 10.6. The average molecular weight is 409 g/mol. The third-order valence-corrected chi connectivity index (χ3v) is 5.80. The summed E-state index contributed by atoms with van der Waals surface area (Å²) >= 11 is 0. The summed E-state index contributed by atoms with van der Waals surface area (Å²) in [5.74, 6) is 3.14. The van der Waals surface area contributed by atoms with Crippen LogP contribution in [0.15, 0.2) is 36.5 Å². The summed E-state index contributed by atoms with van der Waals surface area (Å²) in [5.41, 5.74) is 3.63. The number of pyridine rings is 1. The number of unbranched alkanes of at least 4 members (excludes halogenated alkanes) is 2. The molecule has 0 fully saturated rings. The van der Waals surface area contributed by atoms with Crippen molar-refractivity contribution in [1.29, 1.82) is 0 Å². The Balaban J connectivity index is 1.81. The van der Waals surface area contributed by atoms with Gasteiger partial charge in [0.15, 0.2) is 35.7 Å². The molecule has 1 aliphatic heterocycles. The normalized spacial score (nSPS) is 12.3. The van der Waals surface area contributed by atoms with E-state index in [2.05, 4.69) is 42.0 Å². The number of aryl methyl sites for hydroxylation is 2. The van der Waals surface area contributed by atoms with Gasteiger partial charge in [0.25, 0.3) is 0 Å². The molecule has 0 radical (unpaired) electrons. The number of fused-ring (bicyclic) bond motifs is 4. The van der Waals surface area contributed by atoms with Gasteiger partial charge in [-0.15, -0.1) is 0 Å². The zero-order valence-electron chi connectivity index (χ0n) is 18.3. The second-order valence-electron chi connectivity index (χ2n) is 7.62. The number of hydrogen-bond donors (Lipinski definition) is 0. The smallest absolute Gasteiger partial charge is 0.213 e. The summed E-state index contributed by atoms with van der Waals surface area (Å²) in [4.78, 5) is 0. The molecule has 0 N–H and O–H groups in total. The minimum Gasteiger partial charge on any atom is -0.493 e. The van der Waals surface area contributed by atoms with E-state index in [1.165, 1.54) is 29.7 Å². The van der Waals surface area contributed by atoms with Crippen LogP contribution in [0.25, 0.3) is 22.0 Å². The lowest BCUT2D eigenvalue weighted by Gasteiger charge is -2.19. The molecule has 0 saturated carbocycles. The van der Waals surface area contributed by atoms with Crippen LogP contribution in [0.1, 0.15) is 31.7 Å². The van der Waals surface area contributed by atoms with Crippen molar-refractivity contribution in [3.8, 4) is 34.3 Å². The zero-order valence-corrected chi connectivity index (χ0v) is 18.3. The summed E-state index contributed by atoms with van der Waals surface area (Å²) < 4.78 is 25.1. The largest absolute Gasteiger partial charge is 0.493 e. The zero-order chi connectivity index (χ0) is 21.1. The molecule has 2 aromatic carbocycles. The van der Waals surface area contributed by atoms with E-state index in [1.807, 2.05) is 6.07 Å². The number of hydrogen-bond acceptors (Lipinski definition) is 4. The van der Waals surface area contributed by atoms with Gasteiger partial charge < -0.3 is 18.9 Å². The van der Waals surface area contributed by atoms with Crippen LogP contribution in [-0.2, 0) is 13.0 Å². The summed E-state index contributed by atoms with van der Waals surface area (Å²) in [6.07, 6.45) is 6.52. The fourth-order valence-corrected chi connectivity index (χ4v) is 4.17. The van der Waals surface area contributed by atoms with Crippen molar-refractivity contribution in [3.63, 3.8) is 0 Å². The van der Waals surface area contributed by atoms with Crippen molar-refractivity contribution in [1.82, 2.24) is 0 Å². The van der Waals surface area contributed by atoms with Gasteiger partial charge in [0.2, 0.25) is 5.69 Å². The molecule has 2 heterocycles. The molecule has 0 spiro atoms. The van der Waals surface area contributed by atoms with Gasteiger partial charge in [0.05, 0.1) is 38.9 Å². The number of rotatable bonds is 8. The highest BCUT2D eigenvalue weighted by molar-refractivity contribution is 5.91. The summed E-state index contributed by atoms with van der Waals surface area (Å²) in [6.45, 7) is 3.80. The molecule has 5 heteroatoms. The highest BCUT2D eigenvalue weighted by Gasteiger charge is 2.27. The van der Waals surface area contributed by atoms with Crippen LogP contribution in [0.5, 0.6) is 23.0 Å². The Bertz CT molecular complexity index is 1060. The van der Waals surface area contributed by atoms with Gasteiger partial charge in [0, 0.05) is 12.5 Å². The van der Waals surface area contributed by atoms with Gasteiger partial charge in [-0.1, -0.05) is 19.8 Å². The van der Waals surface area contributed by atoms with Gasteiger partial charge in [0.1, 0.15) is 0 Å². The summed E-state index contributed by atoms with van der Waals surface area (Å²) in [6, 6.07) is 10.5. The maximum Gasteiger partial charge on any atom is 0.213 e. The lowest BCUT2D eigenvalue weighted by molar-refractivity contribution is -0.686. The van der Waals surface area contributed by atoms with Gasteiger partial charge in [-0.3, -0.25) is 0 Å². The fraction of sp³-hybridized carbons (Fsp3) is 0.400. The highest BCUT2D eigenvalue weighted by atomic mass is 16.5. The molecular weight excluding hydrogens is 378 g/mol. The molecule has 3 aromatic rings. The van der Waals surface area contributed by atoms with E-state index in [1.54, 1.807) is 21.3 Å². The van der Waals surface area contributed by atoms with Crippen LogP contribution in [-0.4, -0.2) is 27.9 Å². The van der Waals surface area contributed by atoms with Gasteiger partial charge in [-0.05, 0) is 41.6 Å². The number of aromatic nitrogens is 1. The molecule has 30 heavy (non-hydrogen) atoms. The Labute approximate surface area is 178 Å². The van der Waals surface area contributed by atoms with Crippen molar-refractivity contribution in [2.45, 2.75) is 39.2 Å². The number of nitrogens with zero attached hydrogens (tertiary/aromatic N) is 1. The Morgan fingerprint density at radius 2 is 1.67 bits per heavy atom. The molecule has 0 amide bonds. The topological polar surface area (TPSA) is 40.8 Å². The Morgan fingerprint density at radius 3 is 2.40 bits per heavy atom. The third-order valence-electron chi connectivity index (χ3n) is 5.80. The number of ether oxygens (including phenoxy) is 4. The first kappa shape index (κ1) is 20.3. The number of benzene rings is 2. The minimum atomic E-state index is 0.699. The molecule has 4 rings (SSSR count). The first-order chi connectivity index (χ1) is 14.7. The predicted molar refractivity (Wildman–Crippen MR) is 118 cm³/mol.